The van der Waals surface area contributed by atoms with Crippen LogP contribution in [0.5, 0.6) is 0 Å². The smallest absolute Gasteiger partial charge is 0.164 e. The van der Waals surface area contributed by atoms with Crippen LogP contribution in [0.3, 0.4) is 0 Å². The predicted molar refractivity (Wildman–Crippen MR) is 212 cm³/mol. The lowest BCUT2D eigenvalue weighted by Crippen LogP contribution is -1.95. The zero-order chi connectivity index (χ0) is 33.7. The summed E-state index contributed by atoms with van der Waals surface area (Å²) in [5.41, 5.74) is 12.3. The average Bonchev–Trinajstić information content (AvgIpc) is 3.60. The molecule has 0 unspecified atom stereocenters. The van der Waals surface area contributed by atoms with Crippen LogP contribution in [0.4, 0.5) is 0 Å². The predicted octanol–water partition coefficient (Wildman–Crippen LogP) is 13.0. The molecule has 0 saturated carbocycles. The van der Waals surface area contributed by atoms with Gasteiger partial charge in [0.05, 0.1) is 16.8 Å². The summed E-state index contributed by atoms with van der Waals surface area (Å²) in [6.07, 6.45) is 0. The van der Waals surface area contributed by atoms with E-state index in [0.29, 0.717) is 5.82 Å². The van der Waals surface area contributed by atoms with Crippen molar-refractivity contribution in [1.29, 1.82) is 0 Å². The summed E-state index contributed by atoms with van der Waals surface area (Å²) in [6.45, 7) is 0. The van der Waals surface area contributed by atoms with Crippen LogP contribution in [-0.2, 0) is 0 Å². The Labute approximate surface area is 295 Å². The van der Waals surface area contributed by atoms with Crippen LogP contribution in [0, 0.1) is 0 Å². The van der Waals surface area contributed by atoms with Crippen LogP contribution in [0.15, 0.2) is 186 Å². The Balaban J connectivity index is 1.22. The van der Waals surface area contributed by atoms with Gasteiger partial charge in [0.15, 0.2) is 5.82 Å². The molecule has 0 aliphatic heterocycles. The number of furan rings is 1. The third-order valence-electron chi connectivity index (χ3n) is 9.85. The van der Waals surface area contributed by atoms with E-state index in [1.165, 1.54) is 27.6 Å². The van der Waals surface area contributed by atoms with Crippen molar-refractivity contribution < 1.29 is 4.42 Å². The number of fused-ring (bicyclic) bond motifs is 6. The minimum Gasteiger partial charge on any atom is -0.455 e. The highest BCUT2D eigenvalue weighted by Gasteiger charge is 2.20. The first-order valence-electron chi connectivity index (χ1n) is 17.2. The zero-order valence-electron chi connectivity index (χ0n) is 27.6. The molecule has 0 atom stereocenters. The van der Waals surface area contributed by atoms with E-state index in [2.05, 4.69) is 152 Å². The molecule has 0 radical (unpaired) electrons. The molecule has 0 N–H and O–H groups in total. The highest BCUT2D eigenvalue weighted by atomic mass is 16.3. The molecule has 2 aromatic heterocycles. The van der Waals surface area contributed by atoms with Gasteiger partial charge in [0.1, 0.15) is 11.2 Å². The zero-order valence-corrected chi connectivity index (χ0v) is 27.6. The normalized spacial score (nSPS) is 11.5. The largest absolute Gasteiger partial charge is 0.455 e. The van der Waals surface area contributed by atoms with Gasteiger partial charge in [-0.15, -0.1) is 0 Å². The second kappa shape index (κ2) is 11.9. The Morgan fingerprint density at radius 1 is 0.353 bits per heavy atom. The summed E-state index contributed by atoms with van der Waals surface area (Å²) < 4.78 is 6.92. The molecule has 3 nitrogen and oxygen atoms in total. The standard InChI is InChI=1S/C48H30N2O/c1-4-15-31(16-5-1)34-27-35(32-17-6-2-7-18-32)29-36(28-34)42-30-44-45(38-22-11-10-21-37(38)42)40-24-14-25-41(47(40)51-44)48-49-43-26-13-12-23-39(43)46(50-48)33-19-8-3-9-20-33/h1-30H. The first-order chi connectivity index (χ1) is 25.3. The van der Waals surface area contributed by atoms with E-state index in [-0.39, 0.29) is 0 Å². The second-order valence-electron chi connectivity index (χ2n) is 12.9. The minimum atomic E-state index is 0.643. The van der Waals surface area contributed by atoms with Crippen molar-refractivity contribution in [2.24, 2.45) is 0 Å². The molecule has 8 aromatic carbocycles. The van der Waals surface area contributed by atoms with Gasteiger partial charge < -0.3 is 4.42 Å². The Hall–Kier alpha value is -6.84. The molecule has 10 rings (SSSR count). The fourth-order valence-corrected chi connectivity index (χ4v) is 7.47. The summed E-state index contributed by atoms with van der Waals surface area (Å²) >= 11 is 0. The lowest BCUT2D eigenvalue weighted by Gasteiger charge is -2.13. The van der Waals surface area contributed by atoms with Gasteiger partial charge in [-0.3, -0.25) is 0 Å². The molecule has 0 spiro atoms. The van der Waals surface area contributed by atoms with E-state index >= 15 is 0 Å². The van der Waals surface area contributed by atoms with Crippen molar-refractivity contribution >= 4 is 43.6 Å². The van der Waals surface area contributed by atoms with Crippen LogP contribution in [0.1, 0.15) is 0 Å². The summed E-state index contributed by atoms with van der Waals surface area (Å²) in [7, 11) is 0. The third kappa shape index (κ3) is 4.98. The lowest BCUT2D eigenvalue weighted by molar-refractivity contribution is 0.670. The fraction of sp³-hybridized carbons (Fsp3) is 0. The minimum absolute atomic E-state index is 0.643. The average molecular weight is 651 g/mol. The number of hydrogen-bond acceptors (Lipinski definition) is 3. The first-order valence-corrected chi connectivity index (χ1v) is 17.2. The quantitative estimate of drug-likeness (QED) is 0.186. The Kier molecular flexibility index (Phi) is 6.81. The van der Waals surface area contributed by atoms with E-state index in [9.17, 15) is 0 Å². The van der Waals surface area contributed by atoms with Crippen molar-refractivity contribution in [2.75, 3.05) is 0 Å². The third-order valence-corrected chi connectivity index (χ3v) is 9.85. The number of nitrogens with zero attached hydrogens (tertiary/aromatic N) is 2. The molecule has 0 amide bonds. The topological polar surface area (TPSA) is 38.9 Å². The van der Waals surface area contributed by atoms with Gasteiger partial charge in [0.2, 0.25) is 0 Å². The first kappa shape index (κ1) is 29.1. The van der Waals surface area contributed by atoms with Crippen LogP contribution in [-0.4, -0.2) is 9.97 Å². The highest BCUT2D eigenvalue weighted by molar-refractivity contribution is 6.23. The molecule has 0 bridgehead atoms. The summed E-state index contributed by atoms with van der Waals surface area (Å²) in [4.78, 5) is 10.3. The van der Waals surface area contributed by atoms with E-state index in [1.807, 2.05) is 30.3 Å². The Morgan fingerprint density at radius 2 is 0.902 bits per heavy atom. The monoisotopic (exact) mass is 650 g/mol. The maximum Gasteiger partial charge on any atom is 0.164 e. The van der Waals surface area contributed by atoms with Gasteiger partial charge >= 0.3 is 0 Å². The Morgan fingerprint density at radius 3 is 1.59 bits per heavy atom. The molecule has 2 heterocycles. The molecule has 0 aliphatic rings. The van der Waals surface area contributed by atoms with Crippen molar-refractivity contribution in [1.82, 2.24) is 9.97 Å². The maximum atomic E-state index is 6.92. The van der Waals surface area contributed by atoms with Gasteiger partial charge in [-0.05, 0) is 80.6 Å². The molecule has 51 heavy (non-hydrogen) atoms. The highest BCUT2D eigenvalue weighted by Crippen LogP contribution is 2.44. The molecule has 238 valence electrons. The van der Waals surface area contributed by atoms with E-state index in [4.69, 9.17) is 14.4 Å². The van der Waals surface area contributed by atoms with Gasteiger partial charge in [-0.25, -0.2) is 9.97 Å². The summed E-state index contributed by atoms with van der Waals surface area (Å²) in [6, 6.07) is 63.9. The summed E-state index contributed by atoms with van der Waals surface area (Å²) in [5.74, 6) is 0.643. The molecule has 0 fully saturated rings. The van der Waals surface area contributed by atoms with E-state index < -0.39 is 0 Å². The van der Waals surface area contributed by atoms with Crippen molar-refractivity contribution in [3.63, 3.8) is 0 Å². The van der Waals surface area contributed by atoms with Gasteiger partial charge in [-0.2, -0.15) is 0 Å². The number of hydrogen-bond donors (Lipinski definition) is 0. The number of aromatic nitrogens is 2. The fourth-order valence-electron chi connectivity index (χ4n) is 7.47. The molecule has 0 aliphatic carbocycles. The SMILES string of the molecule is c1ccc(-c2cc(-c3ccccc3)cc(-c3cc4oc5c(-c6nc(-c7ccccc7)c7ccccc7n6)cccc5c4c4ccccc34)c2)cc1. The van der Waals surface area contributed by atoms with Gasteiger partial charge in [0, 0.05) is 21.7 Å². The van der Waals surface area contributed by atoms with Gasteiger partial charge in [0.25, 0.3) is 0 Å². The van der Waals surface area contributed by atoms with Crippen molar-refractivity contribution in [2.45, 2.75) is 0 Å². The molecule has 3 heteroatoms. The number of para-hydroxylation sites is 2. The van der Waals surface area contributed by atoms with Crippen LogP contribution in [0.2, 0.25) is 0 Å². The molecular weight excluding hydrogens is 621 g/mol. The van der Waals surface area contributed by atoms with Crippen molar-refractivity contribution in [3.05, 3.63) is 182 Å². The van der Waals surface area contributed by atoms with E-state index in [1.54, 1.807) is 0 Å². The van der Waals surface area contributed by atoms with Crippen LogP contribution >= 0.6 is 0 Å². The van der Waals surface area contributed by atoms with E-state index in [0.717, 1.165) is 66.2 Å². The maximum absolute atomic E-state index is 6.92. The molecule has 10 aromatic rings. The molecule has 0 saturated heterocycles. The van der Waals surface area contributed by atoms with Crippen molar-refractivity contribution in [3.8, 4) is 56.0 Å². The lowest BCUT2D eigenvalue weighted by atomic mass is 9.90. The molecular formula is C48H30N2O. The summed E-state index contributed by atoms with van der Waals surface area (Å²) in [5, 5.41) is 5.49. The van der Waals surface area contributed by atoms with Gasteiger partial charge in [-0.1, -0.05) is 146 Å². The van der Waals surface area contributed by atoms with Crippen LogP contribution in [0.25, 0.3) is 99.6 Å². The number of rotatable bonds is 5. The second-order valence-corrected chi connectivity index (χ2v) is 12.9. The number of benzene rings is 8. The van der Waals surface area contributed by atoms with Crippen LogP contribution < -0.4 is 0 Å². The Bertz CT molecular complexity index is 2840.